The van der Waals surface area contributed by atoms with E-state index in [1.165, 1.54) is 0 Å². The Morgan fingerprint density at radius 2 is 1.80 bits per heavy atom. The van der Waals surface area contributed by atoms with E-state index in [1.807, 2.05) is 35.2 Å². The summed E-state index contributed by atoms with van der Waals surface area (Å²) < 4.78 is 0. The molecule has 0 radical (unpaired) electrons. The van der Waals surface area contributed by atoms with Crippen molar-refractivity contribution in [3.05, 3.63) is 35.9 Å². The molecule has 136 valence electrons. The zero-order valence-corrected chi connectivity index (χ0v) is 15.5. The zero-order valence-electron chi connectivity index (χ0n) is 15.5. The van der Waals surface area contributed by atoms with Crippen molar-refractivity contribution in [2.45, 2.75) is 51.2 Å². The molecule has 0 saturated carbocycles. The van der Waals surface area contributed by atoms with Gasteiger partial charge in [0.25, 0.3) is 0 Å². The van der Waals surface area contributed by atoms with Crippen molar-refractivity contribution in [2.75, 3.05) is 20.1 Å². The van der Waals surface area contributed by atoms with Crippen molar-refractivity contribution in [1.82, 2.24) is 15.1 Å². The van der Waals surface area contributed by atoms with E-state index in [0.717, 1.165) is 18.7 Å². The molecule has 25 heavy (non-hydrogen) atoms. The number of amides is 2. The lowest BCUT2D eigenvalue weighted by atomic mass is 9.81. The van der Waals surface area contributed by atoms with Crippen LogP contribution in [0.2, 0.25) is 0 Å². The normalized spacial score (nSPS) is 24.0. The molecule has 5 heteroatoms. The van der Waals surface area contributed by atoms with Gasteiger partial charge in [0, 0.05) is 19.6 Å². The molecule has 1 atom stereocenters. The van der Waals surface area contributed by atoms with Crippen LogP contribution in [0.4, 0.5) is 0 Å². The highest BCUT2D eigenvalue weighted by Crippen LogP contribution is 2.34. The third kappa shape index (κ3) is 3.56. The van der Waals surface area contributed by atoms with E-state index >= 15 is 0 Å². The highest BCUT2D eigenvalue weighted by atomic mass is 16.2. The largest absolute Gasteiger partial charge is 0.342 e. The number of hydrogen-bond donors (Lipinski definition) is 1. The Morgan fingerprint density at radius 1 is 1.16 bits per heavy atom. The van der Waals surface area contributed by atoms with Crippen molar-refractivity contribution < 1.29 is 9.59 Å². The third-order valence-corrected chi connectivity index (χ3v) is 5.51. The number of nitrogens with zero attached hydrogens (tertiary/aromatic N) is 2. The molecule has 0 bridgehead atoms. The second-order valence-corrected chi connectivity index (χ2v) is 7.90. The van der Waals surface area contributed by atoms with E-state index in [0.29, 0.717) is 31.7 Å². The van der Waals surface area contributed by atoms with Crippen LogP contribution in [0, 0.1) is 5.92 Å². The highest BCUT2D eigenvalue weighted by Gasteiger charge is 2.53. The van der Waals surface area contributed by atoms with Gasteiger partial charge in [0.1, 0.15) is 11.6 Å². The number of carbonyl (C=O) groups excluding carboxylic acids is 2. The molecule has 0 aromatic heterocycles. The second-order valence-electron chi connectivity index (χ2n) is 7.90. The minimum Gasteiger partial charge on any atom is -0.342 e. The summed E-state index contributed by atoms with van der Waals surface area (Å²) in [5.41, 5.74) is 0.375. The lowest BCUT2D eigenvalue weighted by Crippen LogP contribution is -2.72. The van der Waals surface area contributed by atoms with Gasteiger partial charge < -0.3 is 15.1 Å². The van der Waals surface area contributed by atoms with Crippen LogP contribution < -0.4 is 5.32 Å². The zero-order chi connectivity index (χ0) is 18.0. The van der Waals surface area contributed by atoms with Gasteiger partial charge in [-0.05, 0) is 37.8 Å². The van der Waals surface area contributed by atoms with Crippen LogP contribution in [0.5, 0.6) is 0 Å². The fourth-order valence-corrected chi connectivity index (χ4v) is 3.99. The van der Waals surface area contributed by atoms with Crippen LogP contribution in [0.3, 0.4) is 0 Å². The minimum atomic E-state index is -0.701. The van der Waals surface area contributed by atoms with Crippen molar-refractivity contribution >= 4 is 11.8 Å². The Bertz CT molecular complexity index is 621. The third-order valence-electron chi connectivity index (χ3n) is 5.51. The van der Waals surface area contributed by atoms with Gasteiger partial charge in [0.2, 0.25) is 11.8 Å². The Morgan fingerprint density at radius 3 is 2.40 bits per heavy atom. The number of carbonyl (C=O) groups is 2. The number of rotatable bonds is 4. The van der Waals surface area contributed by atoms with Gasteiger partial charge in [-0.2, -0.15) is 0 Å². The summed E-state index contributed by atoms with van der Waals surface area (Å²) in [5.74, 6) is 0.461. The first kappa shape index (κ1) is 17.9. The number of piperazine rings is 1. The molecule has 1 spiro atoms. The molecular formula is C20H29N3O2. The Balaban J connectivity index is 1.92. The molecule has 1 unspecified atom stereocenters. The average Bonchev–Trinajstić information content (AvgIpc) is 2.59. The van der Waals surface area contributed by atoms with Crippen LogP contribution in [-0.2, 0) is 16.1 Å². The highest BCUT2D eigenvalue weighted by molar-refractivity contribution is 6.00. The molecule has 2 amide bonds. The van der Waals surface area contributed by atoms with Gasteiger partial charge in [-0.25, -0.2) is 0 Å². The first-order valence-electron chi connectivity index (χ1n) is 9.27. The van der Waals surface area contributed by atoms with Gasteiger partial charge >= 0.3 is 0 Å². The van der Waals surface area contributed by atoms with Crippen LogP contribution in [-0.4, -0.2) is 53.3 Å². The van der Waals surface area contributed by atoms with E-state index in [9.17, 15) is 9.59 Å². The fourth-order valence-electron chi connectivity index (χ4n) is 3.99. The van der Waals surface area contributed by atoms with Crippen LogP contribution >= 0.6 is 0 Å². The number of piperidine rings is 1. The van der Waals surface area contributed by atoms with Gasteiger partial charge in [-0.1, -0.05) is 44.2 Å². The lowest BCUT2D eigenvalue weighted by Gasteiger charge is -2.51. The number of nitrogens with one attached hydrogen (secondary N) is 1. The Labute approximate surface area is 150 Å². The minimum absolute atomic E-state index is 0.0294. The summed E-state index contributed by atoms with van der Waals surface area (Å²) in [6, 6.07) is 9.59. The molecule has 0 aliphatic carbocycles. The molecule has 1 N–H and O–H groups in total. The van der Waals surface area contributed by atoms with Crippen molar-refractivity contribution in [1.29, 1.82) is 0 Å². The standard InChI is InChI=1S/C20H29N3O2/c1-15(2)13-17-18(24)23(14-16-7-5-4-6-8-16)20(19(25)21-17)9-11-22(3)12-10-20/h4-8,15,17H,9-14H2,1-3H3,(H,21,25). The second kappa shape index (κ2) is 7.16. The number of likely N-dealkylation sites (tertiary alicyclic amines) is 1. The smallest absolute Gasteiger partial charge is 0.246 e. The van der Waals surface area contributed by atoms with E-state index < -0.39 is 11.6 Å². The molecule has 2 heterocycles. The molecule has 1 aromatic carbocycles. The predicted molar refractivity (Wildman–Crippen MR) is 97.8 cm³/mol. The summed E-state index contributed by atoms with van der Waals surface area (Å²) in [6.07, 6.45) is 2.08. The van der Waals surface area contributed by atoms with Crippen molar-refractivity contribution in [2.24, 2.45) is 5.92 Å². The lowest BCUT2D eigenvalue weighted by molar-refractivity contribution is -0.162. The fraction of sp³-hybridized carbons (Fsp3) is 0.600. The van der Waals surface area contributed by atoms with Gasteiger partial charge in [-0.15, -0.1) is 0 Å². The molecule has 3 rings (SSSR count). The molecule has 5 nitrogen and oxygen atoms in total. The monoisotopic (exact) mass is 343 g/mol. The maximum absolute atomic E-state index is 13.3. The topological polar surface area (TPSA) is 52.7 Å². The van der Waals surface area contributed by atoms with E-state index in [-0.39, 0.29) is 11.8 Å². The molecular weight excluding hydrogens is 314 g/mol. The Hall–Kier alpha value is -1.88. The van der Waals surface area contributed by atoms with Crippen molar-refractivity contribution in [3.8, 4) is 0 Å². The maximum Gasteiger partial charge on any atom is 0.246 e. The molecule has 2 fully saturated rings. The summed E-state index contributed by atoms with van der Waals surface area (Å²) in [7, 11) is 2.07. The van der Waals surface area contributed by atoms with E-state index in [2.05, 4.69) is 31.1 Å². The summed E-state index contributed by atoms with van der Waals surface area (Å²) in [4.78, 5) is 30.5. The van der Waals surface area contributed by atoms with Gasteiger partial charge in [0.05, 0.1) is 0 Å². The van der Waals surface area contributed by atoms with Crippen LogP contribution in [0.1, 0.15) is 38.7 Å². The molecule has 1 aromatic rings. The van der Waals surface area contributed by atoms with Gasteiger partial charge in [-0.3, -0.25) is 9.59 Å². The predicted octanol–water partition coefficient (Wildman–Crippen LogP) is 2.02. The first-order chi connectivity index (χ1) is 11.9. The van der Waals surface area contributed by atoms with Gasteiger partial charge in [0.15, 0.2) is 0 Å². The summed E-state index contributed by atoms with van der Waals surface area (Å²) in [5, 5.41) is 3.04. The molecule has 2 aliphatic heterocycles. The molecule has 2 aliphatic rings. The van der Waals surface area contributed by atoms with Crippen LogP contribution in [0.15, 0.2) is 30.3 Å². The molecule has 2 saturated heterocycles. The first-order valence-corrected chi connectivity index (χ1v) is 9.27. The SMILES string of the molecule is CC(C)CC1NC(=O)C2(CCN(C)CC2)N(Cc2ccccc2)C1=O. The van der Waals surface area contributed by atoms with Crippen molar-refractivity contribution in [3.63, 3.8) is 0 Å². The number of benzene rings is 1. The van der Waals surface area contributed by atoms with E-state index in [4.69, 9.17) is 0 Å². The summed E-state index contributed by atoms with van der Waals surface area (Å²) >= 11 is 0. The summed E-state index contributed by atoms with van der Waals surface area (Å²) in [6.45, 7) is 6.34. The van der Waals surface area contributed by atoms with Crippen LogP contribution in [0.25, 0.3) is 0 Å². The van der Waals surface area contributed by atoms with E-state index in [1.54, 1.807) is 0 Å². The average molecular weight is 343 g/mol. The quantitative estimate of drug-likeness (QED) is 0.910. The maximum atomic E-state index is 13.3. The number of hydrogen-bond acceptors (Lipinski definition) is 3. The Kier molecular flexibility index (Phi) is 5.13.